The molecule has 0 aliphatic heterocycles. The largest absolute Gasteiger partial charge is 0.467 e. The Morgan fingerprint density at radius 1 is 0.952 bits per heavy atom. The van der Waals surface area contributed by atoms with Crippen molar-refractivity contribution < 1.29 is 4.42 Å². The second kappa shape index (κ2) is 8.68. The van der Waals surface area contributed by atoms with Crippen LogP contribution in [0.4, 0.5) is 0 Å². The zero-order chi connectivity index (χ0) is 14.9. The number of hydrogen-bond donors (Lipinski definition) is 1. The van der Waals surface area contributed by atoms with E-state index in [1.54, 1.807) is 6.26 Å². The summed E-state index contributed by atoms with van der Waals surface area (Å²) in [5.74, 6) is 0.999. The van der Waals surface area contributed by atoms with E-state index < -0.39 is 0 Å². The molecule has 0 amide bonds. The van der Waals surface area contributed by atoms with Crippen LogP contribution in [0.25, 0.3) is 0 Å². The molecule has 2 atom stereocenters. The topological polar surface area (TPSA) is 25.2 Å². The number of benzene rings is 1. The summed E-state index contributed by atoms with van der Waals surface area (Å²) >= 11 is 0. The van der Waals surface area contributed by atoms with Crippen LogP contribution in [0.3, 0.4) is 0 Å². The minimum absolute atomic E-state index is 0.148. The van der Waals surface area contributed by atoms with Crippen molar-refractivity contribution >= 4 is 0 Å². The zero-order valence-corrected chi connectivity index (χ0v) is 13.2. The van der Waals surface area contributed by atoms with Crippen molar-refractivity contribution in [1.29, 1.82) is 0 Å². The Bertz CT molecular complexity index is 478. The first kappa shape index (κ1) is 15.8. The molecule has 0 aliphatic rings. The standard InChI is InChI=1S/C19H27NO/c1-3-5-13-17(10-4-2)20-19(18-14-9-15-21-18)16-11-7-6-8-12-16/h6-9,11-12,14-15,17,19-20H,3-5,10,13H2,1-2H3. The molecule has 1 aromatic heterocycles. The van der Waals surface area contributed by atoms with E-state index in [9.17, 15) is 0 Å². The molecule has 1 aromatic carbocycles. The summed E-state index contributed by atoms with van der Waals surface area (Å²) in [6, 6.07) is 15.3. The number of furan rings is 1. The van der Waals surface area contributed by atoms with E-state index in [1.807, 2.05) is 6.07 Å². The normalized spacial score (nSPS) is 14.0. The fourth-order valence-electron chi connectivity index (χ4n) is 2.79. The number of rotatable bonds is 9. The summed E-state index contributed by atoms with van der Waals surface area (Å²) in [4.78, 5) is 0. The third-order valence-electron chi connectivity index (χ3n) is 3.91. The second-order valence-corrected chi connectivity index (χ2v) is 5.65. The predicted molar refractivity (Wildman–Crippen MR) is 88.3 cm³/mol. The average molecular weight is 285 g/mol. The number of unbranched alkanes of at least 4 members (excludes halogenated alkanes) is 1. The highest BCUT2D eigenvalue weighted by molar-refractivity contribution is 5.26. The van der Waals surface area contributed by atoms with Gasteiger partial charge in [-0.1, -0.05) is 63.4 Å². The first-order valence-electron chi connectivity index (χ1n) is 8.19. The Kier molecular flexibility index (Phi) is 6.55. The zero-order valence-electron chi connectivity index (χ0n) is 13.2. The van der Waals surface area contributed by atoms with Gasteiger partial charge in [-0.2, -0.15) is 0 Å². The molecule has 114 valence electrons. The molecule has 0 spiro atoms. The summed E-state index contributed by atoms with van der Waals surface area (Å²) in [5, 5.41) is 3.81. The first-order chi connectivity index (χ1) is 10.3. The molecule has 2 rings (SSSR count). The van der Waals surface area contributed by atoms with E-state index in [4.69, 9.17) is 4.42 Å². The molecule has 2 heteroatoms. The van der Waals surface area contributed by atoms with Crippen LogP contribution in [0.1, 0.15) is 63.3 Å². The van der Waals surface area contributed by atoms with Crippen molar-refractivity contribution in [3.63, 3.8) is 0 Å². The third-order valence-corrected chi connectivity index (χ3v) is 3.91. The van der Waals surface area contributed by atoms with Gasteiger partial charge >= 0.3 is 0 Å². The van der Waals surface area contributed by atoms with Gasteiger partial charge in [-0.05, 0) is 30.5 Å². The van der Waals surface area contributed by atoms with Gasteiger partial charge in [0.05, 0.1) is 12.3 Å². The lowest BCUT2D eigenvalue weighted by Gasteiger charge is -2.25. The highest BCUT2D eigenvalue weighted by atomic mass is 16.3. The molecule has 21 heavy (non-hydrogen) atoms. The molecule has 0 aliphatic carbocycles. The van der Waals surface area contributed by atoms with E-state index >= 15 is 0 Å². The van der Waals surface area contributed by atoms with Crippen LogP contribution in [0.15, 0.2) is 53.1 Å². The summed E-state index contributed by atoms with van der Waals surface area (Å²) in [7, 11) is 0. The van der Waals surface area contributed by atoms with Crippen molar-refractivity contribution in [2.45, 2.75) is 58.0 Å². The average Bonchev–Trinajstić information content (AvgIpc) is 3.05. The minimum Gasteiger partial charge on any atom is -0.467 e. The van der Waals surface area contributed by atoms with Gasteiger partial charge in [-0.25, -0.2) is 0 Å². The van der Waals surface area contributed by atoms with Crippen LogP contribution in [0, 0.1) is 0 Å². The Morgan fingerprint density at radius 3 is 2.38 bits per heavy atom. The summed E-state index contributed by atoms with van der Waals surface area (Å²) in [5.41, 5.74) is 1.27. The Morgan fingerprint density at radius 2 is 1.76 bits per heavy atom. The fourth-order valence-corrected chi connectivity index (χ4v) is 2.79. The summed E-state index contributed by atoms with van der Waals surface area (Å²) < 4.78 is 5.67. The maximum atomic E-state index is 5.67. The SMILES string of the molecule is CCCCC(CCC)NC(c1ccccc1)c1ccco1. The van der Waals surface area contributed by atoms with Gasteiger partial charge in [0.25, 0.3) is 0 Å². The van der Waals surface area contributed by atoms with Crippen LogP contribution in [-0.2, 0) is 0 Å². The van der Waals surface area contributed by atoms with Crippen molar-refractivity contribution in [1.82, 2.24) is 5.32 Å². The van der Waals surface area contributed by atoms with Crippen molar-refractivity contribution in [2.75, 3.05) is 0 Å². The van der Waals surface area contributed by atoms with E-state index in [0.29, 0.717) is 6.04 Å². The maximum absolute atomic E-state index is 5.67. The molecule has 2 nitrogen and oxygen atoms in total. The lowest BCUT2D eigenvalue weighted by atomic mass is 9.99. The molecule has 1 N–H and O–H groups in total. The molecular formula is C19H27NO. The van der Waals surface area contributed by atoms with Gasteiger partial charge < -0.3 is 9.73 Å². The Hall–Kier alpha value is -1.54. The molecule has 0 saturated heterocycles. The summed E-state index contributed by atoms with van der Waals surface area (Å²) in [6.45, 7) is 4.51. The molecule has 0 fully saturated rings. The van der Waals surface area contributed by atoms with Crippen LogP contribution in [0.2, 0.25) is 0 Å². The van der Waals surface area contributed by atoms with E-state index in [1.165, 1.54) is 37.7 Å². The Labute approximate surface area is 128 Å². The Balaban J connectivity index is 2.15. The van der Waals surface area contributed by atoms with Gasteiger partial charge in [0, 0.05) is 6.04 Å². The van der Waals surface area contributed by atoms with Crippen molar-refractivity contribution in [2.24, 2.45) is 0 Å². The van der Waals surface area contributed by atoms with Gasteiger partial charge in [0.1, 0.15) is 5.76 Å². The first-order valence-corrected chi connectivity index (χ1v) is 8.19. The van der Waals surface area contributed by atoms with Crippen LogP contribution in [-0.4, -0.2) is 6.04 Å². The lowest BCUT2D eigenvalue weighted by Crippen LogP contribution is -2.33. The second-order valence-electron chi connectivity index (χ2n) is 5.65. The highest BCUT2D eigenvalue weighted by Crippen LogP contribution is 2.24. The number of hydrogen-bond acceptors (Lipinski definition) is 2. The lowest BCUT2D eigenvalue weighted by molar-refractivity contribution is 0.369. The maximum Gasteiger partial charge on any atom is 0.125 e. The quantitative estimate of drug-likeness (QED) is 0.674. The molecule has 0 bridgehead atoms. The van der Waals surface area contributed by atoms with Gasteiger partial charge in [-0.15, -0.1) is 0 Å². The van der Waals surface area contributed by atoms with E-state index in [2.05, 4.69) is 55.6 Å². The van der Waals surface area contributed by atoms with Gasteiger partial charge in [-0.3, -0.25) is 0 Å². The van der Waals surface area contributed by atoms with Gasteiger partial charge in [0.2, 0.25) is 0 Å². The highest BCUT2D eigenvalue weighted by Gasteiger charge is 2.20. The van der Waals surface area contributed by atoms with Crippen LogP contribution < -0.4 is 5.32 Å². The molecule has 2 unspecified atom stereocenters. The van der Waals surface area contributed by atoms with Crippen LogP contribution in [0.5, 0.6) is 0 Å². The monoisotopic (exact) mass is 285 g/mol. The summed E-state index contributed by atoms with van der Waals surface area (Å²) in [6.07, 6.45) is 7.93. The van der Waals surface area contributed by atoms with Crippen LogP contribution >= 0.6 is 0 Å². The molecule has 2 aromatic rings. The molecule has 1 heterocycles. The fraction of sp³-hybridized carbons (Fsp3) is 0.474. The van der Waals surface area contributed by atoms with Crippen molar-refractivity contribution in [3.8, 4) is 0 Å². The smallest absolute Gasteiger partial charge is 0.125 e. The number of nitrogens with one attached hydrogen (secondary N) is 1. The molecule has 0 saturated carbocycles. The van der Waals surface area contributed by atoms with E-state index in [0.717, 1.165) is 5.76 Å². The van der Waals surface area contributed by atoms with Crippen molar-refractivity contribution in [3.05, 3.63) is 60.1 Å². The van der Waals surface area contributed by atoms with E-state index in [-0.39, 0.29) is 6.04 Å². The predicted octanol–water partition coefficient (Wildman–Crippen LogP) is 5.32. The van der Waals surface area contributed by atoms with Gasteiger partial charge in [0.15, 0.2) is 0 Å². The minimum atomic E-state index is 0.148. The molecular weight excluding hydrogens is 258 g/mol. The third kappa shape index (κ3) is 4.75. The molecule has 0 radical (unpaired) electrons.